The third-order valence-electron chi connectivity index (χ3n) is 3.23. The van der Waals surface area contributed by atoms with Gasteiger partial charge >= 0.3 is 0 Å². The Kier molecular flexibility index (Phi) is 8.49. The predicted molar refractivity (Wildman–Crippen MR) is 79.4 cm³/mol. The van der Waals surface area contributed by atoms with Crippen LogP contribution in [0.15, 0.2) is 42.5 Å². The van der Waals surface area contributed by atoms with Crippen molar-refractivity contribution in [1.29, 1.82) is 0 Å². The van der Waals surface area contributed by atoms with Gasteiger partial charge in [0.05, 0.1) is 0 Å². The van der Waals surface area contributed by atoms with Crippen molar-refractivity contribution < 1.29 is 0 Å². The zero-order valence-corrected chi connectivity index (χ0v) is 12.2. The average Bonchev–Trinajstić information content (AvgIpc) is 2.40. The summed E-state index contributed by atoms with van der Waals surface area (Å²) in [6, 6.07) is 10.7. The molecule has 0 N–H and O–H groups in total. The highest BCUT2D eigenvalue weighted by molar-refractivity contribution is 5.19. The Morgan fingerprint density at radius 2 is 1.65 bits per heavy atom. The lowest BCUT2D eigenvalue weighted by Gasteiger charge is -2.18. The van der Waals surface area contributed by atoms with Gasteiger partial charge in [0.2, 0.25) is 0 Å². The first-order chi connectivity index (χ1) is 8.15. The lowest BCUT2D eigenvalue weighted by molar-refractivity contribution is 0.535. The standard InChI is InChI=1S/C15H22.C2H6/c1-5-12(2)13(3)11-14(4)15-9-7-6-8-10-15;1-2/h6-10,13-14H,2,5,11H2,1,3-4H3;1-2H3. The van der Waals surface area contributed by atoms with Gasteiger partial charge in [-0.3, -0.25) is 0 Å². The summed E-state index contributed by atoms with van der Waals surface area (Å²) in [6.45, 7) is 14.9. The van der Waals surface area contributed by atoms with Crippen molar-refractivity contribution in [2.75, 3.05) is 0 Å². The van der Waals surface area contributed by atoms with E-state index in [-0.39, 0.29) is 0 Å². The molecule has 0 saturated heterocycles. The normalized spacial score (nSPS) is 13.2. The van der Waals surface area contributed by atoms with Gasteiger partial charge in [0.15, 0.2) is 0 Å². The summed E-state index contributed by atoms with van der Waals surface area (Å²) < 4.78 is 0. The van der Waals surface area contributed by atoms with Gasteiger partial charge in [-0.15, -0.1) is 0 Å². The summed E-state index contributed by atoms with van der Waals surface area (Å²) in [5, 5.41) is 0. The fourth-order valence-electron chi connectivity index (χ4n) is 1.96. The third kappa shape index (κ3) is 5.72. The van der Waals surface area contributed by atoms with Crippen LogP contribution < -0.4 is 0 Å². The van der Waals surface area contributed by atoms with Crippen LogP contribution in [0.1, 0.15) is 58.9 Å². The molecule has 0 heterocycles. The molecule has 0 amide bonds. The Balaban J connectivity index is 0.00000121. The van der Waals surface area contributed by atoms with Gasteiger partial charge in [-0.2, -0.15) is 0 Å². The van der Waals surface area contributed by atoms with Crippen LogP contribution in [0.2, 0.25) is 0 Å². The summed E-state index contributed by atoms with van der Waals surface area (Å²) >= 11 is 0. The molecular formula is C17H28. The van der Waals surface area contributed by atoms with E-state index in [9.17, 15) is 0 Å². The molecule has 1 aromatic rings. The van der Waals surface area contributed by atoms with Gasteiger partial charge in [-0.1, -0.05) is 77.1 Å². The van der Waals surface area contributed by atoms with Crippen LogP contribution in [0.3, 0.4) is 0 Å². The Bertz CT molecular complexity index is 297. The highest BCUT2D eigenvalue weighted by Gasteiger charge is 2.11. The van der Waals surface area contributed by atoms with Crippen LogP contribution in [0, 0.1) is 5.92 Å². The van der Waals surface area contributed by atoms with Crippen LogP contribution in [0.25, 0.3) is 0 Å². The van der Waals surface area contributed by atoms with E-state index in [0.29, 0.717) is 11.8 Å². The first kappa shape index (κ1) is 16.0. The topological polar surface area (TPSA) is 0 Å². The van der Waals surface area contributed by atoms with Crippen LogP contribution >= 0.6 is 0 Å². The molecule has 2 atom stereocenters. The molecule has 0 heteroatoms. The zero-order valence-electron chi connectivity index (χ0n) is 12.2. The summed E-state index contributed by atoms with van der Waals surface area (Å²) in [7, 11) is 0. The number of hydrogen-bond acceptors (Lipinski definition) is 0. The van der Waals surface area contributed by atoms with E-state index in [1.54, 1.807) is 0 Å². The second kappa shape index (κ2) is 9.04. The van der Waals surface area contributed by atoms with E-state index in [1.165, 1.54) is 17.6 Å². The molecule has 0 spiro atoms. The van der Waals surface area contributed by atoms with E-state index in [0.717, 1.165) is 6.42 Å². The molecule has 0 radical (unpaired) electrons. The van der Waals surface area contributed by atoms with Crippen molar-refractivity contribution in [3.05, 3.63) is 48.0 Å². The molecule has 0 fully saturated rings. The van der Waals surface area contributed by atoms with Gasteiger partial charge in [-0.25, -0.2) is 0 Å². The van der Waals surface area contributed by atoms with Crippen molar-refractivity contribution in [2.24, 2.45) is 5.92 Å². The van der Waals surface area contributed by atoms with Gasteiger partial charge in [0, 0.05) is 0 Å². The summed E-state index contributed by atoms with van der Waals surface area (Å²) in [6.07, 6.45) is 2.30. The minimum atomic E-state index is 0.629. The molecule has 17 heavy (non-hydrogen) atoms. The van der Waals surface area contributed by atoms with E-state index in [1.807, 2.05) is 13.8 Å². The molecule has 0 aromatic heterocycles. The van der Waals surface area contributed by atoms with Crippen molar-refractivity contribution >= 4 is 0 Å². The molecule has 0 aliphatic heterocycles. The van der Waals surface area contributed by atoms with Crippen molar-refractivity contribution in [3.8, 4) is 0 Å². The number of hydrogen-bond donors (Lipinski definition) is 0. The molecule has 0 aliphatic rings. The summed E-state index contributed by atoms with van der Waals surface area (Å²) in [5.74, 6) is 1.26. The fourth-order valence-corrected chi connectivity index (χ4v) is 1.96. The quantitative estimate of drug-likeness (QED) is 0.562. The lowest BCUT2D eigenvalue weighted by atomic mass is 9.87. The fraction of sp³-hybridized carbons (Fsp3) is 0.529. The number of rotatable bonds is 5. The van der Waals surface area contributed by atoms with E-state index < -0.39 is 0 Å². The number of benzene rings is 1. The second-order valence-electron chi connectivity index (χ2n) is 4.46. The summed E-state index contributed by atoms with van der Waals surface area (Å²) in [4.78, 5) is 0. The minimum Gasteiger partial charge on any atom is -0.0996 e. The van der Waals surface area contributed by atoms with Crippen LogP contribution in [0.5, 0.6) is 0 Å². The molecule has 96 valence electrons. The molecule has 2 unspecified atom stereocenters. The van der Waals surface area contributed by atoms with Gasteiger partial charge < -0.3 is 0 Å². The molecule has 1 aromatic carbocycles. The van der Waals surface area contributed by atoms with Gasteiger partial charge in [0.25, 0.3) is 0 Å². The smallest absolute Gasteiger partial charge is 0.0185 e. The van der Waals surface area contributed by atoms with Crippen LogP contribution in [-0.2, 0) is 0 Å². The maximum absolute atomic E-state index is 4.12. The first-order valence-electron chi connectivity index (χ1n) is 6.87. The van der Waals surface area contributed by atoms with Gasteiger partial charge in [0.1, 0.15) is 0 Å². The van der Waals surface area contributed by atoms with Gasteiger partial charge in [-0.05, 0) is 30.2 Å². The molecule has 1 rings (SSSR count). The van der Waals surface area contributed by atoms with E-state index in [4.69, 9.17) is 0 Å². The molecular weight excluding hydrogens is 204 g/mol. The Labute approximate surface area is 108 Å². The maximum atomic E-state index is 4.12. The van der Waals surface area contributed by atoms with E-state index in [2.05, 4.69) is 57.7 Å². The third-order valence-corrected chi connectivity index (χ3v) is 3.23. The number of allylic oxidation sites excluding steroid dienone is 1. The summed E-state index contributed by atoms with van der Waals surface area (Å²) in [5.41, 5.74) is 2.81. The van der Waals surface area contributed by atoms with E-state index >= 15 is 0 Å². The Morgan fingerprint density at radius 1 is 1.12 bits per heavy atom. The average molecular weight is 232 g/mol. The van der Waals surface area contributed by atoms with Crippen LogP contribution in [-0.4, -0.2) is 0 Å². The molecule has 0 aliphatic carbocycles. The monoisotopic (exact) mass is 232 g/mol. The predicted octanol–water partition coefficient (Wildman–Crippen LogP) is 5.81. The van der Waals surface area contributed by atoms with Crippen molar-refractivity contribution in [1.82, 2.24) is 0 Å². The highest BCUT2D eigenvalue weighted by Crippen LogP contribution is 2.27. The lowest BCUT2D eigenvalue weighted by Crippen LogP contribution is -2.03. The Hall–Kier alpha value is -1.04. The maximum Gasteiger partial charge on any atom is -0.0185 e. The second-order valence-corrected chi connectivity index (χ2v) is 4.46. The van der Waals surface area contributed by atoms with Crippen LogP contribution in [0.4, 0.5) is 0 Å². The zero-order chi connectivity index (χ0) is 13.3. The van der Waals surface area contributed by atoms with Crippen molar-refractivity contribution in [3.63, 3.8) is 0 Å². The largest absolute Gasteiger partial charge is 0.0996 e. The molecule has 0 nitrogen and oxygen atoms in total. The molecule has 0 bridgehead atoms. The first-order valence-corrected chi connectivity index (χ1v) is 6.87. The Morgan fingerprint density at radius 3 is 2.12 bits per heavy atom. The SMILES string of the molecule is C=C(CC)C(C)CC(C)c1ccccc1.CC. The van der Waals surface area contributed by atoms with Crippen molar-refractivity contribution in [2.45, 2.75) is 53.4 Å². The molecule has 0 saturated carbocycles. The highest BCUT2D eigenvalue weighted by atomic mass is 14.2. The minimum absolute atomic E-state index is 0.629.